The maximum atomic E-state index is 12.9. The molecule has 0 saturated carbocycles. The number of aryl methyl sites for hydroxylation is 2. The number of Topliss-reactive ketones (excluding diaryl/α,β-unsaturated/α-hetero) is 1. The Kier molecular flexibility index (Phi) is 5.05. The summed E-state index contributed by atoms with van der Waals surface area (Å²) in [7, 11) is 0. The minimum atomic E-state index is -0.387. The Morgan fingerprint density at radius 2 is 1.90 bits per heavy atom. The topological polar surface area (TPSA) is 103 Å². The average Bonchev–Trinajstić information content (AvgIpc) is 3.43. The van der Waals surface area contributed by atoms with Crippen LogP contribution < -0.4 is 5.32 Å². The van der Waals surface area contributed by atoms with Gasteiger partial charge in [0.15, 0.2) is 28.9 Å². The Labute approximate surface area is 172 Å². The van der Waals surface area contributed by atoms with Crippen LogP contribution in [-0.4, -0.2) is 26.5 Å². The second-order valence-electron chi connectivity index (χ2n) is 6.93. The zero-order valence-electron chi connectivity index (χ0n) is 16.8. The maximum Gasteiger partial charge on any atom is 0.278 e. The van der Waals surface area contributed by atoms with Gasteiger partial charge in [0, 0.05) is 25.6 Å². The van der Waals surface area contributed by atoms with Crippen molar-refractivity contribution in [3.8, 4) is 11.3 Å². The molecule has 0 saturated heterocycles. The number of furan rings is 1. The molecule has 30 heavy (non-hydrogen) atoms. The minimum Gasteiger partial charge on any atom is -0.456 e. The lowest BCUT2D eigenvalue weighted by Crippen LogP contribution is -2.13. The summed E-state index contributed by atoms with van der Waals surface area (Å²) in [6, 6.07) is 11.0. The van der Waals surface area contributed by atoms with Crippen molar-refractivity contribution in [3.63, 3.8) is 0 Å². The highest BCUT2D eigenvalue weighted by molar-refractivity contribution is 6.06. The standard InChI is InChI=1S/C22H20N4O4/c1-13-6-4-5-7-18(13)21-20(24-15(3)29-21)22(28)25-16-10-23-26(11-16)12-17-8-9-19(30-17)14(2)27/h4-11H,12H2,1-3H3,(H,25,28). The van der Waals surface area contributed by atoms with Gasteiger partial charge in [-0.05, 0) is 24.6 Å². The molecule has 1 aromatic carbocycles. The second kappa shape index (κ2) is 7.82. The molecule has 0 spiro atoms. The Bertz CT molecular complexity index is 1230. The molecule has 0 aliphatic heterocycles. The van der Waals surface area contributed by atoms with Crippen molar-refractivity contribution in [3.05, 3.63) is 77.5 Å². The van der Waals surface area contributed by atoms with E-state index in [1.165, 1.54) is 13.1 Å². The third-order valence-corrected chi connectivity index (χ3v) is 4.56. The Hall–Kier alpha value is -3.94. The predicted octanol–water partition coefficient (Wildman–Crippen LogP) is 4.25. The van der Waals surface area contributed by atoms with Crippen LogP contribution in [0.2, 0.25) is 0 Å². The number of aromatic nitrogens is 3. The first-order chi connectivity index (χ1) is 14.4. The van der Waals surface area contributed by atoms with Gasteiger partial charge in [-0.3, -0.25) is 14.3 Å². The van der Waals surface area contributed by atoms with Crippen LogP contribution in [0.15, 0.2) is 57.6 Å². The highest BCUT2D eigenvalue weighted by atomic mass is 16.4. The number of carbonyl (C=O) groups excluding carboxylic acids is 2. The molecule has 8 nitrogen and oxygen atoms in total. The third kappa shape index (κ3) is 3.93. The van der Waals surface area contributed by atoms with E-state index in [1.807, 2.05) is 31.2 Å². The summed E-state index contributed by atoms with van der Waals surface area (Å²) < 4.78 is 12.8. The van der Waals surface area contributed by atoms with E-state index in [1.54, 1.807) is 29.9 Å². The SMILES string of the molecule is CC(=O)c1ccc(Cn2cc(NC(=O)c3nc(C)oc3-c3ccccc3C)cn2)o1. The van der Waals surface area contributed by atoms with E-state index in [9.17, 15) is 9.59 Å². The molecule has 0 fully saturated rings. The summed E-state index contributed by atoms with van der Waals surface area (Å²) in [5.74, 6) is 1.21. The molecule has 0 radical (unpaired) electrons. The zero-order chi connectivity index (χ0) is 21.3. The molecule has 0 aliphatic rings. The molecule has 0 unspecified atom stereocenters. The fraction of sp³-hybridized carbons (Fsp3) is 0.182. The summed E-state index contributed by atoms with van der Waals surface area (Å²) in [4.78, 5) is 28.5. The number of hydrogen-bond acceptors (Lipinski definition) is 6. The summed E-state index contributed by atoms with van der Waals surface area (Å²) in [5, 5.41) is 7.03. The summed E-state index contributed by atoms with van der Waals surface area (Å²) in [6.07, 6.45) is 3.21. The Morgan fingerprint density at radius 3 is 2.63 bits per heavy atom. The van der Waals surface area contributed by atoms with E-state index in [0.29, 0.717) is 35.4 Å². The van der Waals surface area contributed by atoms with Crippen LogP contribution in [0.1, 0.15) is 45.2 Å². The number of ketones is 1. The number of nitrogens with one attached hydrogen (secondary N) is 1. The van der Waals surface area contributed by atoms with Crippen molar-refractivity contribution in [2.45, 2.75) is 27.3 Å². The van der Waals surface area contributed by atoms with E-state index in [-0.39, 0.29) is 17.4 Å². The largest absolute Gasteiger partial charge is 0.456 e. The molecular weight excluding hydrogens is 384 g/mol. The number of amides is 1. The average molecular weight is 404 g/mol. The number of hydrogen-bond donors (Lipinski definition) is 1. The third-order valence-electron chi connectivity index (χ3n) is 4.56. The smallest absolute Gasteiger partial charge is 0.278 e. The lowest BCUT2D eigenvalue weighted by molar-refractivity contribution is 0.0983. The highest BCUT2D eigenvalue weighted by Gasteiger charge is 2.22. The lowest BCUT2D eigenvalue weighted by atomic mass is 10.1. The molecule has 0 atom stereocenters. The molecule has 0 aliphatic carbocycles. The van der Waals surface area contributed by atoms with Crippen LogP contribution in [0.25, 0.3) is 11.3 Å². The van der Waals surface area contributed by atoms with E-state index < -0.39 is 0 Å². The number of benzene rings is 1. The molecule has 1 amide bonds. The highest BCUT2D eigenvalue weighted by Crippen LogP contribution is 2.28. The van der Waals surface area contributed by atoms with Crippen LogP contribution in [-0.2, 0) is 6.54 Å². The minimum absolute atomic E-state index is 0.137. The predicted molar refractivity (Wildman–Crippen MR) is 109 cm³/mol. The summed E-state index contributed by atoms with van der Waals surface area (Å²) in [5.41, 5.74) is 2.53. The van der Waals surface area contributed by atoms with Gasteiger partial charge in [0.05, 0.1) is 18.4 Å². The van der Waals surface area contributed by atoms with Crippen molar-refractivity contribution >= 4 is 17.4 Å². The van der Waals surface area contributed by atoms with Gasteiger partial charge in [-0.1, -0.05) is 24.3 Å². The summed E-state index contributed by atoms with van der Waals surface area (Å²) in [6.45, 7) is 5.43. The maximum absolute atomic E-state index is 12.9. The van der Waals surface area contributed by atoms with Crippen LogP contribution in [0.4, 0.5) is 5.69 Å². The van der Waals surface area contributed by atoms with Crippen molar-refractivity contribution in [2.24, 2.45) is 0 Å². The molecule has 3 heterocycles. The second-order valence-corrected chi connectivity index (χ2v) is 6.93. The van der Waals surface area contributed by atoms with E-state index in [0.717, 1.165) is 11.1 Å². The number of oxazole rings is 1. The van der Waals surface area contributed by atoms with Crippen LogP contribution in [0, 0.1) is 13.8 Å². The van der Waals surface area contributed by atoms with Gasteiger partial charge in [0.1, 0.15) is 5.76 Å². The van der Waals surface area contributed by atoms with Gasteiger partial charge in [-0.15, -0.1) is 0 Å². The summed E-state index contributed by atoms with van der Waals surface area (Å²) >= 11 is 0. The first kappa shape index (κ1) is 19.4. The number of carbonyl (C=O) groups is 2. The molecule has 3 aromatic heterocycles. The molecule has 152 valence electrons. The van der Waals surface area contributed by atoms with Gasteiger partial charge in [-0.2, -0.15) is 5.10 Å². The zero-order valence-corrected chi connectivity index (χ0v) is 16.8. The number of rotatable bonds is 6. The molecule has 4 aromatic rings. The van der Waals surface area contributed by atoms with E-state index >= 15 is 0 Å². The van der Waals surface area contributed by atoms with E-state index in [4.69, 9.17) is 8.83 Å². The van der Waals surface area contributed by atoms with Crippen LogP contribution >= 0.6 is 0 Å². The first-order valence-electron chi connectivity index (χ1n) is 9.37. The normalized spacial score (nSPS) is 10.9. The molecular formula is C22H20N4O4. The monoisotopic (exact) mass is 404 g/mol. The van der Waals surface area contributed by atoms with Gasteiger partial charge in [0.25, 0.3) is 5.91 Å². The first-order valence-corrected chi connectivity index (χ1v) is 9.37. The van der Waals surface area contributed by atoms with Crippen molar-refractivity contribution < 1.29 is 18.4 Å². The number of nitrogens with zero attached hydrogens (tertiary/aromatic N) is 3. The van der Waals surface area contributed by atoms with Crippen molar-refractivity contribution in [1.82, 2.24) is 14.8 Å². The lowest BCUT2D eigenvalue weighted by Gasteiger charge is -2.04. The van der Waals surface area contributed by atoms with Crippen LogP contribution in [0.3, 0.4) is 0 Å². The van der Waals surface area contributed by atoms with E-state index in [2.05, 4.69) is 15.4 Å². The quantitative estimate of drug-likeness (QED) is 0.482. The molecule has 1 N–H and O–H groups in total. The van der Waals surface area contributed by atoms with Gasteiger partial charge >= 0.3 is 0 Å². The van der Waals surface area contributed by atoms with Gasteiger partial charge in [0.2, 0.25) is 0 Å². The number of anilines is 1. The fourth-order valence-corrected chi connectivity index (χ4v) is 3.11. The van der Waals surface area contributed by atoms with Gasteiger partial charge in [-0.25, -0.2) is 4.98 Å². The Balaban J connectivity index is 1.51. The fourth-order valence-electron chi connectivity index (χ4n) is 3.11. The van der Waals surface area contributed by atoms with Crippen molar-refractivity contribution in [1.29, 1.82) is 0 Å². The van der Waals surface area contributed by atoms with Gasteiger partial charge < -0.3 is 14.2 Å². The molecule has 8 heteroatoms. The molecule has 4 rings (SSSR count). The van der Waals surface area contributed by atoms with Crippen LogP contribution in [0.5, 0.6) is 0 Å². The molecule has 0 bridgehead atoms. The Morgan fingerprint density at radius 1 is 1.10 bits per heavy atom. The van der Waals surface area contributed by atoms with Crippen molar-refractivity contribution in [2.75, 3.05) is 5.32 Å².